The fourth-order valence-electron chi connectivity index (χ4n) is 1.89. The van der Waals surface area contributed by atoms with Gasteiger partial charge in [0.05, 0.1) is 5.75 Å². The van der Waals surface area contributed by atoms with Crippen LogP contribution in [-0.4, -0.2) is 30.7 Å². The first kappa shape index (κ1) is 9.81. The molecule has 1 unspecified atom stereocenters. The maximum absolute atomic E-state index is 12.1. The molecule has 1 saturated heterocycles. The summed E-state index contributed by atoms with van der Waals surface area (Å²) in [6.45, 7) is 0.482. The van der Waals surface area contributed by atoms with Gasteiger partial charge in [-0.15, -0.1) is 0 Å². The standard InChI is InChI=1S/C9H12NO3S/c11-9(5-4-8-14(9,12)13)10-6-2-1-3-7-10/h1-2,4-6,8H2. The summed E-state index contributed by atoms with van der Waals surface area (Å²) < 4.78 is 23.1. The van der Waals surface area contributed by atoms with E-state index in [1.54, 1.807) is 0 Å². The molecule has 2 aliphatic rings. The van der Waals surface area contributed by atoms with Gasteiger partial charge in [-0.05, 0) is 12.8 Å². The van der Waals surface area contributed by atoms with E-state index in [-0.39, 0.29) is 12.2 Å². The molecule has 0 spiro atoms. The molecule has 1 fully saturated rings. The lowest BCUT2D eigenvalue weighted by molar-refractivity contribution is -0.0587. The van der Waals surface area contributed by atoms with Gasteiger partial charge in [0.2, 0.25) is 9.84 Å². The van der Waals surface area contributed by atoms with Crippen molar-refractivity contribution in [3.8, 4) is 12.0 Å². The van der Waals surface area contributed by atoms with Gasteiger partial charge in [-0.1, -0.05) is 5.92 Å². The number of hydrogen-bond donors (Lipinski definition) is 0. The SMILES string of the molecule is [O]C1(N2C#CCCC2)CCCS1(=O)=O. The second-order valence-corrected chi connectivity index (χ2v) is 5.95. The summed E-state index contributed by atoms with van der Waals surface area (Å²) in [4.78, 5) is 1.28. The van der Waals surface area contributed by atoms with Crippen LogP contribution < -0.4 is 0 Å². The summed E-state index contributed by atoms with van der Waals surface area (Å²) in [5.41, 5.74) is 0. The Hall–Kier alpha value is -0.730. The average molecular weight is 214 g/mol. The zero-order valence-electron chi connectivity index (χ0n) is 7.82. The summed E-state index contributed by atoms with van der Waals surface area (Å²) in [5.74, 6) is 2.79. The second kappa shape index (κ2) is 3.14. The third-order valence-corrected chi connectivity index (χ3v) is 4.92. The first-order valence-corrected chi connectivity index (χ1v) is 6.40. The van der Waals surface area contributed by atoms with Gasteiger partial charge in [-0.25, -0.2) is 8.42 Å². The molecule has 0 aromatic heterocycles. The van der Waals surface area contributed by atoms with Gasteiger partial charge in [0, 0.05) is 25.4 Å². The van der Waals surface area contributed by atoms with E-state index < -0.39 is 14.9 Å². The lowest BCUT2D eigenvalue weighted by Gasteiger charge is -2.31. The number of nitrogens with zero attached hydrogens (tertiary/aromatic N) is 1. The van der Waals surface area contributed by atoms with Crippen LogP contribution >= 0.6 is 0 Å². The topological polar surface area (TPSA) is 57.3 Å². The highest BCUT2D eigenvalue weighted by Crippen LogP contribution is 2.34. The minimum atomic E-state index is -3.52. The molecule has 2 heterocycles. The van der Waals surface area contributed by atoms with Crippen LogP contribution in [0.3, 0.4) is 0 Å². The third kappa shape index (κ3) is 1.30. The summed E-state index contributed by atoms with van der Waals surface area (Å²) >= 11 is 0. The van der Waals surface area contributed by atoms with E-state index in [4.69, 9.17) is 0 Å². The van der Waals surface area contributed by atoms with Crippen LogP contribution in [0.4, 0.5) is 0 Å². The van der Waals surface area contributed by atoms with Crippen molar-refractivity contribution >= 4 is 9.84 Å². The van der Waals surface area contributed by atoms with Crippen LogP contribution in [0.25, 0.3) is 0 Å². The van der Waals surface area contributed by atoms with Crippen LogP contribution in [-0.2, 0) is 14.9 Å². The van der Waals surface area contributed by atoms with E-state index in [9.17, 15) is 13.5 Å². The van der Waals surface area contributed by atoms with E-state index in [0.717, 1.165) is 12.8 Å². The Morgan fingerprint density at radius 1 is 1.29 bits per heavy atom. The van der Waals surface area contributed by atoms with Gasteiger partial charge >= 0.3 is 0 Å². The van der Waals surface area contributed by atoms with Crippen LogP contribution in [0.2, 0.25) is 0 Å². The maximum Gasteiger partial charge on any atom is 0.283 e. The molecule has 1 atom stereocenters. The van der Waals surface area contributed by atoms with E-state index >= 15 is 0 Å². The van der Waals surface area contributed by atoms with Gasteiger partial charge in [0.25, 0.3) is 5.06 Å². The Kier molecular flexibility index (Phi) is 2.20. The summed E-state index contributed by atoms with van der Waals surface area (Å²) in [6, 6.07) is 2.65. The first-order chi connectivity index (χ1) is 6.56. The van der Waals surface area contributed by atoms with E-state index in [0.29, 0.717) is 13.0 Å². The normalized spacial score (nSPS) is 35.1. The minimum Gasteiger partial charge on any atom is -0.288 e. The molecule has 5 heteroatoms. The highest BCUT2D eigenvalue weighted by atomic mass is 32.2. The largest absolute Gasteiger partial charge is 0.288 e. The molecule has 0 saturated carbocycles. The molecular weight excluding hydrogens is 202 g/mol. The number of hydrogen-bond acceptors (Lipinski definition) is 3. The van der Waals surface area contributed by atoms with Gasteiger partial charge in [-0.3, -0.25) is 4.90 Å². The lowest BCUT2D eigenvalue weighted by atomic mass is 10.2. The Labute approximate surface area is 83.8 Å². The highest BCUT2D eigenvalue weighted by Gasteiger charge is 2.52. The van der Waals surface area contributed by atoms with Crippen molar-refractivity contribution < 1.29 is 13.5 Å². The molecule has 0 aliphatic carbocycles. The number of sulfone groups is 1. The Morgan fingerprint density at radius 2 is 2.07 bits per heavy atom. The molecule has 0 aromatic rings. The van der Waals surface area contributed by atoms with Gasteiger partial charge in [-0.2, -0.15) is 5.11 Å². The maximum atomic E-state index is 12.1. The van der Waals surface area contributed by atoms with Crippen molar-refractivity contribution in [1.82, 2.24) is 4.90 Å². The third-order valence-electron chi connectivity index (χ3n) is 2.70. The molecule has 2 aliphatic heterocycles. The quantitative estimate of drug-likeness (QED) is 0.591. The predicted molar refractivity (Wildman–Crippen MR) is 50.2 cm³/mol. The molecule has 2 rings (SSSR count). The Bertz CT molecular complexity index is 392. The summed E-state index contributed by atoms with van der Waals surface area (Å²) in [7, 11) is -3.52. The van der Waals surface area contributed by atoms with E-state index in [2.05, 4.69) is 12.0 Å². The monoisotopic (exact) mass is 214 g/mol. The molecule has 14 heavy (non-hydrogen) atoms. The van der Waals surface area contributed by atoms with E-state index in [1.165, 1.54) is 4.90 Å². The van der Waals surface area contributed by atoms with Crippen molar-refractivity contribution in [3.05, 3.63) is 0 Å². The molecule has 0 N–H and O–H groups in total. The fourth-order valence-corrected chi connectivity index (χ4v) is 3.66. The van der Waals surface area contributed by atoms with Crippen LogP contribution in [0.5, 0.6) is 0 Å². The molecule has 77 valence electrons. The molecule has 0 aromatic carbocycles. The van der Waals surface area contributed by atoms with Crippen molar-refractivity contribution in [1.29, 1.82) is 0 Å². The van der Waals surface area contributed by atoms with E-state index in [1.807, 2.05) is 0 Å². The van der Waals surface area contributed by atoms with Gasteiger partial charge in [0.15, 0.2) is 0 Å². The summed E-state index contributed by atoms with van der Waals surface area (Å²) in [6.07, 6.45) is 2.17. The minimum absolute atomic E-state index is 0.00861. The lowest BCUT2D eigenvalue weighted by Crippen LogP contribution is -2.49. The smallest absolute Gasteiger partial charge is 0.283 e. The second-order valence-electron chi connectivity index (χ2n) is 3.68. The molecule has 1 radical (unpaired) electrons. The van der Waals surface area contributed by atoms with Crippen molar-refractivity contribution in [2.75, 3.05) is 12.3 Å². The molecular formula is C9H12NO3S. The zero-order valence-corrected chi connectivity index (χ0v) is 8.64. The van der Waals surface area contributed by atoms with Crippen LogP contribution in [0.15, 0.2) is 0 Å². The molecule has 4 nitrogen and oxygen atoms in total. The fraction of sp³-hybridized carbons (Fsp3) is 0.778. The molecule has 0 amide bonds. The van der Waals surface area contributed by atoms with Crippen molar-refractivity contribution in [2.45, 2.75) is 30.7 Å². The molecule has 0 bridgehead atoms. The van der Waals surface area contributed by atoms with Crippen molar-refractivity contribution in [3.63, 3.8) is 0 Å². The van der Waals surface area contributed by atoms with Gasteiger partial charge in [0.1, 0.15) is 0 Å². The number of rotatable bonds is 1. The average Bonchev–Trinajstić information content (AvgIpc) is 2.44. The Morgan fingerprint density at radius 3 is 2.57 bits per heavy atom. The van der Waals surface area contributed by atoms with Gasteiger partial charge < -0.3 is 0 Å². The summed E-state index contributed by atoms with van der Waals surface area (Å²) in [5, 5.41) is 10.2. The van der Waals surface area contributed by atoms with Crippen LogP contribution in [0, 0.1) is 12.0 Å². The van der Waals surface area contributed by atoms with Crippen molar-refractivity contribution in [2.24, 2.45) is 0 Å². The predicted octanol–water partition coefficient (Wildman–Crippen LogP) is 0.336. The zero-order chi connectivity index (χ0) is 10.2. The Balaban J connectivity index is 2.34. The first-order valence-electron chi connectivity index (χ1n) is 4.75. The van der Waals surface area contributed by atoms with Crippen LogP contribution in [0.1, 0.15) is 25.7 Å². The highest BCUT2D eigenvalue weighted by molar-refractivity contribution is 7.92.